The predicted molar refractivity (Wildman–Crippen MR) is 61.2 cm³/mol. The van der Waals surface area contributed by atoms with E-state index in [0.717, 1.165) is 11.3 Å². The van der Waals surface area contributed by atoms with Gasteiger partial charge >= 0.3 is 0 Å². The van der Waals surface area contributed by atoms with Crippen LogP contribution in [0.5, 0.6) is 0 Å². The molecule has 0 saturated carbocycles. The van der Waals surface area contributed by atoms with Gasteiger partial charge in [0.2, 0.25) is 0 Å². The summed E-state index contributed by atoms with van der Waals surface area (Å²) in [5.41, 5.74) is 2.12. The molecule has 0 aliphatic carbocycles. The maximum atomic E-state index is 9.30. The minimum absolute atomic E-state index is 0.422. The fraction of sp³-hybridized carbons (Fsp3) is 0.545. The molecule has 0 aliphatic rings. The number of aromatic nitrogens is 2. The molecule has 1 atom stereocenters. The number of hydrogen-bond donors (Lipinski definition) is 1. The SMILES string of the molecule is Cc1nnc(N(C)CC(C)O)c(C#N)c1C. The molecule has 16 heavy (non-hydrogen) atoms. The average Bonchev–Trinajstić information content (AvgIpc) is 2.20. The average molecular weight is 220 g/mol. The van der Waals surface area contributed by atoms with Gasteiger partial charge in [-0.25, -0.2) is 0 Å². The second-order valence-electron chi connectivity index (χ2n) is 3.95. The smallest absolute Gasteiger partial charge is 0.169 e. The minimum Gasteiger partial charge on any atom is -0.392 e. The quantitative estimate of drug-likeness (QED) is 0.815. The summed E-state index contributed by atoms with van der Waals surface area (Å²) in [5, 5.41) is 26.4. The maximum absolute atomic E-state index is 9.30. The van der Waals surface area contributed by atoms with Crippen LogP contribution in [-0.2, 0) is 0 Å². The van der Waals surface area contributed by atoms with E-state index >= 15 is 0 Å². The Morgan fingerprint density at radius 2 is 2.06 bits per heavy atom. The Morgan fingerprint density at radius 1 is 1.44 bits per heavy atom. The van der Waals surface area contributed by atoms with Gasteiger partial charge in [0.05, 0.1) is 11.8 Å². The summed E-state index contributed by atoms with van der Waals surface area (Å²) in [7, 11) is 1.78. The first-order chi connectivity index (χ1) is 7.47. The molecule has 1 aromatic heterocycles. The van der Waals surface area contributed by atoms with Crippen molar-refractivity contribution in [1.82, 2.24) is 10.2 Å². The molecule has 5 nitrogen and oxygen atoms in total. The van der Waals surface area contributed by atoms with E-state index in [9.17, 15) is 5.11 Å². The Hall–Kier alpha value is -1.67. The molecule has 0 amide bonds. The number of anilines is 1. The Morgan fingerprint density at radius 3 is 2.56 bits per heavy atom. The topological polar surface area (TPSA) is 73.0 Å². The molecule has 0 radical (unpaired) electrons. The fourth-order valence-electron chi connectivity index (χ4n) is 1.48. The van der Waals surface area contributed by atoms with E-state index in [-0.39, 0.29) is 0 Å². The third-order valence-electron chi connectivity index (χ3n) is 2.45. The van der Waals surface area contributed by atoms with Gasteiger partial charge in [-0.1, -0.05) is 0 Å². The Labute approximate surface area is 95.3 Å². The number of likely N-dealkylation sites (N-methyl/N-ethyl adjacent to an activating group) is 1. The van der Waals surface area contributed by atoms with E-state index in [1.165, 1.54) is 0 Å². The normalized spacial score (nSPS) is 12.0. The number of aliphatic hydroxyl groups is 1. The fourth-order valence-corrected chi connectivity index (χ4v) is 1.48. The number of hydrogen-bond acceptors (Lipinski definition) is 5. The molecule has 1 unspecified atom stereocenters. The molecule has 0 bridgehead atoms. The van der Waals surface area contributed by atoms with Crippen LogP contribution >= 0.6 is 0 Å². The van der Waals surface area contributed by atoms with E-state index in [4.69, 9.17) is 5.26 Å². The summed E-state index contributed by atoms with van der Waals surface area (Å²) < 4.78 is 0. The van der Waals surface area contributed by atoms with Gasteiger partial charge in [0.1, 0.15) is 11.6 Å². The van der Waals surface area contributed by atoms with Crippen LogP contribution < -0.4 is 4.90 Å². The van der Waals surface area contributed by atoms with Crippen molar-refractivity contribution in [3.63, 3.8) is 0 Å². The largest absolute Gasteiger partial charge is 0.392 e. The standard InChI is InChI=1S/C11H16N4O/c1-7(16)6-15(4)11-10(5-12)8(2)9(3)13-14-11/h7,16H,6H2,1-4H3. The molecule has 0 aliphatic heterocycles. The van der Waals surface area contributed by atoms with Crippen LogP contribution in [0.25, 0.3) is 0 Å². The summed E-state index contributed by atoms with van der Waals surface area (Å²) in [4.78, 5) is 1.74. The van der Waals surface area contributed by atoms with Crippen LogP contribution in [-0.4, -0.2) is 35.0 Å². The highest BCUT2D eigenvalue weighted by atomic mass is 16.3. The number of aryl methyl sites for hydroxylation is 1. The predicted octanol–water partition coefficient (Wildman–Crippen LogP) is 0.782. The Balaban J connectivity index is 3.15. The number of nitriles is 1. The van der Waals surface area contributed by atoms with E-state index in [2.05, 4.69) is 16.3 Å². The lowest BCUT2D eigenvalue weighted by Crippen LogP contribution is -2.29. The second kappa shape index (κ2) is 4.90. The first-order valence-corrected chi connectivity index (χ1v) is 5.10. The first-order valence-electron chi connectivity index (χ1n) is 5.10. The number of aliphatic hydroxyl groups excluding tert-OH is 1. The van der Waals surface area contributed by atoms with Crippen LogP contribution in [0.4, 0.5) is 5.82 Å². The van der Waals surface area contributed by atoms with Crippen LogP contribution in [0.1, 0.15) is 23.7 Å². The zero-order chi connectivity index (χ0) is 12.3. The van der Waals surface area contributed by atoms with Crippen LogP contribution in [0.2, 0.25) is 0 Å². The van der Waals surface area contributed by atoms with Gasteiger partial charge in [0.15, 0.2) is 5.82 Å². The van der Waals surface area contributed by atoms with Crippen molar-refractivity contribution in [3.05, 3.63) is 16.8 Å². The monoisotopic (exact) mass is 220 g/mol. The second-order valence-corrected chi connectivity index (χ2v) is 3.95. The van der Waals surface area contributed by atoms with Crippen LogP contribution in [0, 0.1) is 25.2 Å². The highest BCUT2D eigenvalue weighted by Gasteiger charge is 2.15. The highest BCUT2D eigenvalue weighted by molar-refractivity contribution is 5.57. The lowest BCUT2D eigenvalue weighted by molar-refractivity contribution is 0.201. The van der Waals surface area contributed by atoms with Gasteiger partial charge < -0.3 is 10.0 Å². The Bertz CT molecular complexity index is 423. The van der Waals surface area contributed by atoms with Gasteiger partial charge in [-0.15, -0.1) is 5.10 Å². The zero-order valence-electron chi connectivity index (χ0n) is 10.0. The molecular formula is C11H16N4O. The lowest BCUT2D eigenvalue weighted by atomic mass is 10.1. The molecule has 0 spiro atoms. The van der Waals surface area contributed by atoms with Gasteiger partial charge in [0.25, 0.3) is 0 Å². The van der Waals surface area contributed by atoms with Crippen molar-refractivity contribution in [1.29, 1.82) is 5.26 Å². The number of nitrogens with zero attached hydrogens (tertiary/aromatic N) is 4. The van der Waals surface area contributed by atoms with E-state index in [0.29, 0.717) is 17.9 Å². The molecular weight excluding hydrogens is 204 g/mol. The van der Waals surface area contributed by atoms with E-state index < -0.39 is 6.10 Å². The lowest BCUT2D eigenvalue weighted by Gasteiger charge is -2.21. The van der Waals surface area contributed by atoms with Crippen molar-refractivity contribution in [2.45, 2.75) is 26.9 Å². The van der Waals surface area contributed by atoms with Gasteiger partial charge in [-0.2, -0.15) is 10.4 Å². The maximum Gasteiger partial charge on any atom is 0.169 e. The first kappa shape index (κ1) is 12.4. The zero-order valence-corrected chi connectivity index (χ0v) is 10.0. The van der Waals surface area contributed by atoms with Crippen molar-refractivity contribution >= 4 is 5.82 Å². The summed E-state index contributed by atoms with van der Waals surface area (Å²) in [6.45, 7) is 5.78. The van der Waals surface area contributed by atoms with Crippen molar-refractivity contribution in [2.24, 2.45) is 0 Å². The molecule has 0 fully saturated rings. The number of rotatable bonds is 3. The molecule has 0 saturated heterocycles. The summed E-state index contributed by atoms with van der Waals surface area (Å²) in [5.74, 6) is 0.520. The molecule has 86 valence electrons. The summed E-state index contributed by atoms with van der Waals surface area (Å²) >= 11 is 0. The van der Waals surface area contributed by atoms with E-state index in [1.54, 1.807) is 18.9 Å². The Kier molecular flexibility index (Phi) is 3.80. The molecule has 1 N–H and O–H groups in total. The third kappa shape index (κ3) is 2.47. The minimum atomic E-state index is -0.472. The van der Waals surface area contributed by atoms with Gasteiger partial charge in [0, 0.05) is 13.6 Å². The third-order valence-corrected chi connectivity index (χ3v) is 2.45. The molecule has 1 aromatic rings. The van der Waals surface area contributed by atoms with Crippen molar-refractivity contribution in [3.8, 4) is 6.07 Å². The van der Waals surface area contributed by atoms with Crippen molar-refractivity contribution in [2.75, 3.05) is 18.5 Å². The van der Waals surface area contributed by atoms with Gasteiger partial charge in [-0.05, 0) is 26.3 Å². The molecule has 0 aromatic carbocycles. The highest BCUT2D eigenvalue weighted by Crippen LogP contribution is 2.20. The van der Waals surface area contributed by atoms with E-state index in [1.807, 2.05) is 13.8 Å². The van der Waals surface area contributed by atoms with Crippen LogP contribution in [0.3, 0.4) is 0 Å². The van der Waals surface area contributed by atoms with Crippen molar-refractivity contribution < 1.29 is 5.11 Å². The molecule has 1 heterocycles. The van der Waals surface area contributed by atoms with Crippen LogP contribution in [0.15, 0.2) is 0 Å². The summed E-state index contributed by atoms with van der Waals surface area (Å²) in [6, 6.07) is 2.13. The molecule has 5 heteroatoms. The van der Waals surface area contributed by atoms with Gasteiger partial charge in [-0.3, -0.25) is 0 Å². The molecule has 1 rings (SSSR count). The summed E-state index contributed by atoms with van der Waals surface area (Å²) in [6.07, 6.45) is -0.472.